The Morgan fingerprint density at radius 3 is 2.56 bits per heavy atom. The molecule has 1 unspecified atom stereocenters. The summed E-state index contributed by atoms with van der Waals surface area (Å²) in [6, 6.07) is 10.9. The zero-order chi connectivity index (χ0) is 13.1. The lowest BCUT2D eigenvalue weighted by Crippen LogP contribution is -2.04. The number of hydrogen-bond acceptors (Lipinski definition) is 3. The number of nitrogens with zero attached hydrogens (tertiary/aromatic N) is 1. The van der Waals surface area contributed by atoms with Gasteiger partial charge in [0.05, 0.1) is 7.11 Å². The molecule has 0 amide bonds. The van der Waals surface area contributed by atoms with Crippen LogP contribution in [-0.4, -0.2) is 17.2 Å². The van der Waals surface area contributed by atoms with Crippen LogP contribution < -0.4 is 4.74 Å². The Hall–Kier alpha value is -1.58. The molecule has 1 N–H and O–H groups in total. The first-order valence-corrected chi connectivity index (χ1v) is 5.95. The summed E-state index contributed by atoms with van der Waals surface area (Å²) in [4.78, 5) is 4.14. The summed E-state index contributed by atoms with van der Waals surface area (Å²) in [5, 5.41) is 10.7. The second kappa shape index (κ2) is 5.38. The summed E-state index contributed by atoms with van der Waals surface area (Å²) in [6.45, 7) is 1.85. The van der Waals surface area contributed by atoms with Crippen LogP contribution in [0.15, 0.2) is 36.4 Å². The molecule has 4 heteroatoms. The molecule has 0 aliphatic rings. The topological polar surface area (TPSA) is 42.4 Å². The van der Waals surface area contributed by atoms with Gasteiger partial charge in [0.1, 0.15) is 17.0 Å². The highest BCUT2D eigenvalue weighted by Crippen LogP contribution is 2.32. The number of pyridine rings is 1. The van der Waals surface area contributed by atoms with E-state index in [1.165, 1.54) is 0 Å². The van der Waals surface area contributed by atoms with Crippen molar-refractivity contribution in [2.45, 2.75) is 13.0 Å². The number of hydrogen-bond donors (Lipinski definition) is 1. The zero-order valence-electron chi connectivity index (χ0n) is 10.2. The Balaban J connectivity index is 2.44. The van der Waals surface area contributed by atoms with E-state index in [1.54, 1.807) is 25.3 Å². The number of para-hydroxylation sites is 1. The van der Waals surface area contributed by atoms with E-state index < -0.39 is 6.10 Å². The van der Waals surface area contributed by atoms with Crippen LogP contribution in [0.25, 0.3) is 0 Å². The lowest BCUT2D eigenvalue weighted by atomic mass is 10.0. The molecule has 0 radical (unpaired) electrons. The molecule has 1 aromatic carbocycles. The molecule has 2 aromatic rings. The standard InChI is InChI=1S/C14H14ClNO2/c1-9-7-8-11(14(15)16-9)13(17)10-5-3-4-6-12(10)18-2/h3-8,13,17H,1-2H3. The fraction of sp³-hybridized carbons (Fsp3) is 0.214. The highest BCUT2D eigenvalue weighted by Gasteiger charge is 2.18. The van der Waals surface area contributed by atoms with Gasteiger partial charge in [0.15, 0.2) is 0 Å². The van der Waals surface area contributed by atoms with Crippen molar-refractivity contribution in [3.63, 3.8) is 0 Å². The minimum Gasteiger partial charge on any atom is -0.496 e. The van der Waals surface area contributed by atoms with Crippen LogP contribution in [0.2, 0.25) is 5.15 Å². The monoisotopic (exact) mass is 263 g/mol. The molecule has 1 atom stereocenters. The van der Waals surface area contributed by atoms with Crippen molar-refractivity contribution in [3.05, 3.63) is 58.4 Å². The van der Waals surface area contributed by atoms with Crippen molar-refractivity contribution in [2.75, 3.05) is 7.11 Å². The fourth-order valence-electron chi connectivity index (χ4n) is 1.80. The molecule has 1 aromatic heterocycles. The van der Waals surface area contributed by atoms with Gasteiger partial charge in [-0.2, -0.15) is 0 Å². The van der Waals surface area contributed by atoms with Crippen LogP contribution in [0.5, 0.6) is 5.75 Å². The highest BCUT2D eigenvalue weighted by molar-refractivity contribution is 6.30. The molecule has 3 nitrogen and oxygen atoms in total. The summed E-state index contributed by atoms with van der Waals surface area (Å²) >= 11 is 6.06. The number of aliphatic hydroxyl groups excluding tert-OH is 1. The highest BCUT2D eigenvalue weighted by atomic mass is 35.5. The van der Waals surface area contributed by atoms with E-state index in [0.29, 0.717) is 22.0 Å². The van der Waals surface area contributed by atoms with Gasteiger partial charge < -0.3 is 9.84 Å². The van der Waals surface area contributed by atoms with Gasteiger partial charge in [0.25, 0.3) is 0 Å². The second-order valence-corrected chi connectivity index (χ2v) is 4.34. The van der Waals surface area contributed by atoms with Gasteiger partial charge >= 0.3 is 0 Å². The summed E-state index contributed by atoms with van der Waals surface area (Å²) < 4.78 is 5.23. The van der Waals surface area contributed by atoms with Crippen molar-refractivity contribution >= 4 is 11.6 Å². The van der Waals surface area contributed by atoms with Gasteiger partial charge in [0.2, 0.25) is 0 Å². The molecule has 0 saturated heterocycles. The average Bonchev–Trinajstić information content (AvgIpc) is 2.38. The summed E-state index contributed by atoms with van der Waals surface area (Å²) in [6.07, 6.45) is -0.846. The number of halogens is 1. The second-order valence-electron chi connectivity index (χ2n) is 3.98. The summed E-state index contributed by atoms with van der Waals surface area (Å²) in [5.74, 6) is 0.627. The Kier molecular flexibility index (Phi) is 3.84. The van der Waals surface area contributed by atoms with Crippen molar-refractivity contribution in [1.29, 1.82) is 0 Å². The van der Waals surface area contributed by atoms with Crippen LogP contribution in [-0.2, 0) is 0 Å². The molecule has 0 spiro atoms. The van der Waals surface area contributed by atoms with Crippen LogP contribution in [0.1, 0.15) is 22.9 Å². The van der Waals surface area contributed by atoms with Crippen LogP contribution in [0.3, 0.4) is 0 Å². The maximum Gasteiger partial charge on any atom is 0.135 e. The van der Waals surface area contributed by atoms with Crippen molar-refractivity contribution in [1.82, 2.24) is 4.98 Å². The van der Waals surface area contributed by atoms with Crippen LogP contribution in [0, 0.1) is 6.92 Å². The Morgan fingerprint density at radius 2 is 1.89 bits per heavy atom. The SMILES string of the molecule is COc1ccccc1C(O)c1ccc(C)nc1Cl. The van der Waals surface area contributed by atoms with Gasteiger partial charge in [-0.3, -0.25) is 0 Å². The summed E-state index contributed by atoms with van der Waals surface area (Å²) in [7, 11) is 1.57. The van der Waals surface area contributed by atoms with Gasteiger partial charge in [-0.25, -0.2) is 4.98 Å². The molecular formula is C14H14ClNO2. The number of rotatable bonds is 3. The first-order chi connectivity index (χ1) is 8.63. The Labute approximate surface area is 111 Å². The van der Waals surface area contributed by atoms with E-state index in [9.17, 15) is 5.11 Å². The molecule has 0 bridgehead atoms. The molecule has 18 heavy (non-hydrogen) atoms. The van der Waals surface area contributed by atoms with Gasteiger partial charge in [-0.15, -0.1) is 0 Å². The third-order valence-electron chi connectivity index (χ3n) is 2.74. The molecule has 0 fully saturated rings. The minimum atomic E-state index is -0.846. The lowest BCUT2D eigenvalue weighted by Gasteiger charge is -2.15. The predicted octanol–water partition coefficient (Wildman–Crippen LogP) is 3.13. The van der Waals surface area contributed by atoms with E-state index in [2.05, 4.69) is 4.98 Å². The van der Waals surface area contributed by atoms with Gasteiger partial charge in [-0.05, 0) is 19.1 Å². The van der Waals surface area contributed by atoms with E-state index in [4.69, 9.17) is 16.3 Å². The third kappa shape index (κ3) is 2.47. The van der Waals surface area contributed by atoms with Gasteiger partial charge in [0, 0.05) is 16.8 Å². The third-order valence-corrected chi connectivity index (χ3v) is 3.05. The quantitative estimate of drug-likeness (QED) is 0.865. The number of aliphatic hydroxyl groups is 1. The maximum absolute atomic E-state index is 10.4. The zero-order valence-corrected chi connectivity index (χ0v) is 11.0. The largest absolute Gasteiger partial charge is 0.496 e. The smallest absolute Gasteiger partial charge is 0.135 e. The number of aryl methyl sites for hydroxylation is 1. The van der Waals surface area contributed by atoms with Crippen molar-refractivity contribution < 1.29 is 9.84 Å². The minimum absolute atomic E-state index is 0.313. The molecule has 94 valence electrons. The number of benzene rings is 1. The lowest BCUT2D eigenvalue weighted by molar-refractivity contribution is 0.214. The van der Waals surface area contributed by atoms with Gasteiger partial charge in [-0.1, -0.05) is 35.9 Å². The van der Waals surface area contributed by atoms with E-state index in [1.807, 2.05) is 25.1 Å². The average molecular weight is 264 g/mol. The fourth-order valence-corrected chi connectivity index (χ4v) is 2.10. The molecule has 0 aliphatic heterocycles. The number of aromatic nitrogens is 1. The molecule has 0 saturated carbocycles. The molecule has 2 rings (SSSR count). The normalized spacial score (nSPS) is 12.2. The van der Waals surface area contributed by atoms with E-state index in [0.717, 1.165) is 5.69 Å². The Morgan fingerprint density at radius 1 is 1.17 bits per heavy atom. The first-order valence-electron chi connectivity index (χ1n) is 5.57. The number of ether oxygens (including phenoxy) is 1. The van der Waals surface area contributed by atoms with Crippen LogP contribution in [0.4, 0.5) is 0 Å². The van der Waals surface area contributed by atoms with Crippen molar-refractivity contribution in [3.8, 4) is 5.75 Å². The van der Waals surface area contributed by atoms with Crippen molar-refractivity contribution in [2.24, 2.45) is 0 Å². The van der Waals surface area contributed by atoms with E-state index in [-0.39, 0.29) is 0 Å². The predicted molar refractivity (Wildman–Crippen MR) is 71.0 cm³/mol. The maximum atomic E-state index is 10.4. The van der Waals surface area contributed by atoms with E-state index >= 15 is 0 Å². The summed E-state index contributed by atoms with van der Waals surface area (Å²) in [5.41, 5.74) is 2.07. The molecule has 0 aliphatic carbocycles. The van der Waals surface area contributed by atoms with Crippen LogP contribution >= 0.6 is 11.6 Å². The Bertz CT molecular complexity index is 557. The number of methoxy groups -OCH3 is 1. The molecular weight excluding hydrogens is 250 g/mol. The molecule has 1 heterocycles. The first kappa shape index (κ1) is 12.9.